The van der Waals surface area contributed by atoms with E-state index in [-0.39, 0.29) is 21.6 Å². The van der Waals surface area contributed by atoms with Gasteiger partial charge in [0.1, 0.15) is 0 Å². The Morgan fingerprint density at radius 2 is 1.05 bits per heavy atom. The molecule has 2 aromatic carbocycles. The molecule has 0 atom stereocenters. The lowest BCUT2D eigenvalue weighted by Crippen LogP contribution is -2.27. The van der Waals surface area contributed by atoms with Crippen LogP contribution in [0.15, 0.2) is 48.5 Å². The fourth-order valence-corrected chi connectivity index (χ4v) is 4.43. The molecule has 4 rings (SSSR count). The predicted molar refractivity (Wildman–Crippen MR) is 165 cm³/mol. The number of nitrogen functional groups attached to an aromatic ring is 2. The largest absolute Gasteiger partial charge is 0.399 e. The third-order valence-corrected chi connectivity index (χ3v) is 6.69. The van der Waals surface area contributed by atoms with Gasteiger partial charge >= 0.3 is 0 Å². The number of hydrogen-bond acceptors (Lipinski definition) is 9. The van der Waals surface area contributed by atoms with E-state index in [2.05, 4.69) is 32.3 Å². The first-order valence-electron chi connectivity index (χ1n) is 13.2. The molecule has 9 nitrogen and oxygen atoms in total. The summed E-state index contributed by atoms with van der Waals surface area (Å²) in [6.07, 6.45) is 2.28. The quantitative estimate of drug-likeness (QED) is 0.208. The first kappa shape index (κ1) is 33.5. The number of nitrogens with one attached hydrogen (secondary N) is 2. The van der Waals surface area contributed by atoms with E-state index in [1.165, 1.54) is 32.6 Å². The van der Waals surface area contributed by atoms with Crippen LogP contribution in [0.5, 0.6) is 0 Å². The van der Waals surface area contributed by atoms with Crippen LogP contribution in [0.4, 0.5) is 22.7 Å². The standard InChI is InChI=1S/C14H24N4.C13H22N4O.2CH4/c1-2-17-10-11-18(12-17)9-3-8-16-14-6-4-13(15)5-7-14;14-12-2-4-13(5-3-12)15-6-1-7-16-8-9-17(10-16)11-18;;/h4-7,16H,2-3,8-12,15H2,1H3;2-5,15,18H,1,6-11,14H2;2*1H4. The van der Waals surface area contributed by atoms with Gasteiger partial charge in [0.05, 0.1) is 20.1 Å². The van der Waals surface area contributed by atoms with E-state index < -0.39 is 0 Å². The molecule has 2 aliphatic heterocycles. The van der Waals surface area contributed by atoms with Gasteiger partial charge in [-0.25, -0.2) is 0 Å². The van der Waals surface area contributed by atoms with Crippen molar-refractivity contribution in [3.8, 4) is 0 Å². The Morgan fingerprint density at radius 1 is 0.658 bits per heavy atom. The highest BCUT2D eigenvalue weighted by Crippen LogP contribution is 2.12. The Balaban J connectivity index is 0.000000361. The van der Waals surface area contributed by atoms with Gasteiger partial charge in [0.25, 0.3) is 0 Å². The maximum absolute atomic E-state index is 9.00. The average Bonchev–Trinajstić information content (AvgIpc) is 3.56. The summed E-state index contributed by atoms with van der Waals surface area (Å²) in [4.78, 5) is 9.40. The van der Waals surface area contributed by atoms with Gasteiger partial charge in [-0.2, -0.15) is 0 Å². The molecule has 0 spiro atoms. The fraction of sp³-hybridized carbons (Fsp3) is 0.586. The predicted octanol–water partition coefficient (Wildman–Crippen LogP) is 3.53. The van der Waals surface area contributed by atoms with Crippen molar-refractivity contribution in [2.24, 2.45) is 0 Å². The minimum Gasteiger partial charge on any atom is -0.399 e. The fourth-order valence-electron chi connectivity index (χ4n) is 4.43. The molecular weight excluding hydrogens is 476 g/mol. The SMILES string of the molecule is C.C.CCN1CCN(CCCNc2ccc(N)cc2)C1.Nc1ccc(NCCCN2CCN(CO)C2)cc1. The summed E-state index contributed by atoms with van der Waals surface area (Å²) in [5, 5.41) is 15.8. The van der Waals surface area contributed by atoms with Gasteiger partial charge in [-0.05, 0) is 67.9 Å². The summed E-state index contributed by atoms with van der Waals surface area (Å²) in [5.41, 5.74) is 15.2. The van der Waals surface area contributed by atoms with Crippen molar-refractivity contribution in [2.45, 2.75) is 34.6 Å². The molecule has 0 unspecified atom stereocenters. The van der Waals surface area contributed by atoms with E-state index in [4.69, 9.17) is 16.6 Å². The summed E-state index contributed by atoms with van der Waals surface area (Å²) in [6, 6.07) is 15.7. The minimum absolute atomic E-state index is 0. The molecule has 0 radical (unpaired) electrons. The highest BCUT2D eigenvalue weighted by molar-refractivity contribution is 5.51. The van der Waals surface area contributed by atoms with Crippen molar-refractivity contribution in [1.29, 1.82) is 0 Å². The van der Waals surface area contributed by atoms with Gasteiger partial charge < -0.3 is 27.2 Å². The highest BCUT2D eigenvalue weighted by Gasteiger charge is 2.18. The zero-order chi connectivity index (χ0) is 25.6. The number of benzene rings is 2. The number of nitrogens with two attached hydrogens (primary N) is 2. The van der Waals surface area contributed by atoms with Crippen LogP contribution in [0.2, 0.25) is 0 Å². The molecule has 216 valence electrons. The van der Waals surface area contributed by atoms with Gasteiger partial charge in [0.15, 0.2) is 0 Å². The van der Waals surface area contributed by atoms with Gasteiger partial charge in [0.2, 0.25) is 0 Å². The molecule has 9 heteroatoms. The van der Waals surface area contributed by atoms with Crippen molar-refractivity contribution in [2.75, 3.05) is 101 Å². The summed E-state index contributed by atoms with van der Waals surface area (Å²) >= 11 is 0. The van der Waals surface area contributed by atoms with Crippen LogP contribution >= 0.6 is 0 Å². The topological polar surface area (TPSA) is 109 Å². The normalized spacial score (nSPS) is 16.3. The molecule has 0 saturated carbocycles. The Labute approximate surface area is 231 Å². The van der Waals surface area contributed by atoms with Crippen molar-refractivity contribution >= 4 is 22.7 Å². The molecule has 0 bridgehead atoms. The van der Waals surface area contributed by atoms with Gasteiger partial charge in [-0.3, -0.25) is 19.6 Å². The molecule has 0 aliphatic carbocycles. The van der Waals surface area contributed by atoms with E-state index in [9.17, 15) is 0 Å². The van der Waals surface area contributed by atoms with Gasteiger partial charge in [-0.1, -0.05) is 21.8 Å². The number of anilines is 4. The van der Waals surface area contributed by atoms with Crippen LogP contribution in [0.25, 0.3) is 0 Å². The van der Waals surface area contributed by atoms with E-state index in [0.29, 0.717) is 0 Å². The third-order valence-electron chi connectivity index (χ3n) is 6.69. The zero-order valence-electron chi connectivity index (χ0n) is 21.9. The number of nitrogens with zero attached hydrogens (tertiary/aromatic N) is 4. The molecule has 2 aromatic rings. The lowest BCUT2D eigenvalue weighted by Gasteiger charge is -2.16. The smallest absolute Gasteiger partial charge is 0.0967 e. The Bertz CT molecular complexity index is 777. The van der Waals surface area contributed by atoms with Crippen molar-refractivity contribution in [1.82, 2.24) is 19.6 Å². The van der Waals surface area contributed by atoms with E-state index in [1.54, 1.807) is 0 Å². The molecule has 2 aliphatic rings. The molecule has 2 saturated heterocycles. The number of rotatable bonds is 12. The minimum atomic E-state index is 0. The van der Waals surface area contributed by atoms with Gasteiger partial charge in [0, 0.05) is 75.1 Å². The summed E-state index contributed by atoms with van der Waals surface area (Å²) in [6.45, 7) is 14.3. The Kier molecular flexibility index (Phi) is 16.4. The Hall–Kier alpha value is -2.56. The van der Waals surface area contributed by atoms with E-state index in [1.807, 2.05) is 53.4 Å². The zero-order valence-corrected chi connectivity index (χ0v) is 21.9. The number of aliphatic hydroxyl groups is 1. The molecular formula is C29H54N8O. The first-order chi connectivity index (χ1) is 17.6. The van der Waals surface area contributed by atoms with Crippen LogP contribution in [0.3, 0.4) is 0 Å². The molecule has 7 N–H and O–H groups in total. The summed E-state index contributed by atoms with van der Waals surface area (Å²) in [5.74, 6) is 0. The average molecular weight is 531 g/mol. The second kappa shape index (κ2) is 18.7. The molecule has 2 heterocycles. The Morgan fingerprint density at radius 3 is 1.42 bits per heavy atom. The van der Waals surface area contributed by atoms with Crippen LogP contribution in [0, 0.1) is 0 Å². The van der Waals surface area contributed by atoms with Crippen LogP contribution < -0.4 is 22.1 Å². The van der Waals surface area contributed by atoms with Crippen molar-refractivity contribution in [3.63, 3.8) is 0 Å². The number of hydrogen-bond donors (Lipinski definition) is 5. The van der Waals surface area contributed by atoms with Crippen LogP contribution in [-0.2, 0) is 0 Å². The third kappa shape index (κ3) is 12.3. The molecule has 2 fully saturated rings. The summed E-state index contributed by atoms with van der Waals surface area (Å²) in [7, 11) is 0. The monoisotopic (exact) mass is 530 g/mol. The second-order valence-electron chi connectivity index (χ2n) is 9.57. The van der Waals surface area contributed by atoms with Crippen LogP contribution in [-0.4, -0.2) is 104 Å². The highest BCUT2D eigenvalue weighted by atomic mass is 16.3. The van der Waals surface area contributed by atoms with Gasteiger partial charge in [-0.15, -0.1) is 0 Å². The summed E-state index contributed by atoms with van der Waals surface area (Å²) < 4.78 is 0. The van der Waals surface area contributed by atoms with E-state index >= 15 is 0 Å². The maximum Gasteiger partial charge on any atom is 0.0967 e. The number of aliphatic hydroxyl groups excluding tert-OH is 1. The van der Waals surface area contributed by atoms with Crippen molar-refractivity contribution < 1.29 is 5.11 Å². The second-order valence-corrected chi connectivity index (χ2v) is 9.57. The van der Waals surface area contributed by atoms with E-state index in [0.717, 1.165) is 75.2 Å². The number of likely N-dealkylation sites (N-methyl/N-ethyl adjacent to an activating group) is 1. The lowest BCUT2D eigenvalue weighted by molar-refractivity contribution is 0.111. The first-order valence-corrected chi connectivity index (χ1v) is 13.2. The lowest BCUT2D eigenvalue weighted by atomic mass is 10.3. The van der Waals surface area contributed by atoms with Crippen LogP contribution in [0.1, 0.15) is 34.6 Å². The molecule has 0 aromatic heterocycles. The molecule has 38 heavy (non-hydrogen) atoms. The molecule has 0 amide bonds. The van der Waals surface area contributed by atoms with Crippen molar-refractivity contribution in [3.05, 3.63) is 48.5 Å². The maximum atomic E-state index is 9.00.